The molecule has 2 N–H and O–H groups in total. The summed E-state index contributed by atoms with van der Waals surface area (Å²) in [5.74, 6) is 2.77. The second-order valence-corrected chi connectivity index (χ2v) is 6.70. The van der Waals surface area contributed by atoms with Crippen molar-refractivity contribution < 1.29 is 4.74 Å². The maximum Gasteiger partial charge on any atom is 0.191 e. The third kappa shape index (κ3) is 4.97. The smallest absolute Gasteiger partial charge is 0.191 e. The molecule has 7 nitrogen and oxygen atoms in total. The Balaban J connectivity index is 1.55. The zero-order chi connectivity index (χ0) is 18.4. The first-order chi connectivity index (χ1) is 12.6. The molecule has 0 saturated carbocycles. The van der Waals surface area contributed by atoms with Gasteiger partial charge in [-0.1, -0.05) is 12.1 Å². The summed E-state index contributed by atoms with van der Waals surface area (Å²) >= 11 is 0. The molecule has 0 saturated heterocycles. The number of aliphatic imine (C=N–C) groups is 1. The molecule has 1 aliphatic rings. The first-order valence-corrected chi connectivity index (χ1v) is 9.29. The summed E-state index contributed by atoms with van der Waals surface area (Å²) in [5.41, 5.74) is 1.19. The summed E-state index contributed by atoms with van der Waals surface area (Å²) in [4.78, 5) is 8.97. The standard InChI is InChI=1S/C19H28N6O/c1-4-20-19(24-16-8-9-18-22-13-23-25(18)12-16)21-11-15(3)26-17-7-5-6-14(2)10-17/h5-7,10,13,15-16H,4,8-9,11-12H2,1-3H3,(H2,20,21,24). The van der Waals surface area contributed by atoms with Gasteiger partial charge in [-0.3, -0.25) is 0 Å². The first-order valence-electron chi connectivity index (χ1n) is 9.29. The van der Waals surface area contributed by atoms with Crippen LogP contribution >= 0.6 is 0 Å². The number of ether oxygens (including phenoxy) is 1. The summed E-state index contributed by atoms with van der Waals surface area (Å²) in [7, 11) is 0. The highest BCUT2D eigenvalue weighted by atomic mass is 16.5. The number of nitrogens with one attached hydrogen (secondary N) is 2. The fraction of sp³-hybridized carbons (Fsp3) is 0.526. The number of fused-ring (bicyclic) bond motifs is 1. The van der Waals surface area contributed by atoms with E-state index >= 15 is 0 Å². The van der Waals surface area contributed by atoms with Gasteiger partial charge in [0.25, 0.3) is 0 Å². The average molecular weight is 356 g/mol. The Morgan fingerprint density at radius 3 is 3.15 bits per heavy atom. The van der Waals surface area contributed by atoms with Gasteiger partial charge >= 0.3 is 0 Å². The van der Waals surface area contributed by atoms with E-state index in [2.05, 4.69) is 40.6 Å². The zero-order valence-corrected chi connectivity index (χ0v) is 15.8. The van der Waals surface area contributed by atoms with Crippen LogP contribution in [0.4, 0.5) is 0 Å². The van der Waals surface area contributed by atoms with E-state index < -0.39 is 0 Å². The lowest BCUT2D eigenvalue weighted by Crippen LogP contribution is -2.47. The summed E-state index contributed by atoms with van der Waals surface area (Å²) < 4.78 is 7.93. The Kier molecular flexibility index (Phi) is 6.09. The zero-order valence-electron chi connectivity index (χ0n) is 15.8. The quantitative estimate of drug-likeness (QED) is 0.611. The van der Waals surface area contributed by atoms with Crippen LogP contribution in [0.15, 0.2) is 35.6 Å². The predicted octanol–water partition coefficient (Wildman–Crippen LogP) is 1.92. The van der Waals surface area contributed by atoms with E-state index in [9.17, 15) is 0 Å². The lowest BCUT2D eigenvalue weighted by atomic mass is 10.1. The van der Waals surface area contributed by atoms with Crippen LogP contribution in [-0.2, 0) is 13.0 Å². The Morgan fingerprint density at radius 2 is 2.35 bits per heavy atom. The van der Waals surface area contributed by atoms with Crippen molar-refractivity contribution in [1.82, 2.24) is 25.4 Å². The van der Waals surface area contributed by atoms with Crippen LogP contribution in [0.1, 0.15) is 31.7 Å². The van der Waals surface area contributed by atoms with Crippen LogP contribution in [-0.4, -0.2) is 46.0 Å². The third-order valence-corrected chi connectivity index (χ3v) is 4.32. The molecule has 3 rings (SSSR count). The minimum atomic E-state index is 0.000491. The van der Waals surface area contributed by atoms with Crippen molar-refractivity contribution in [2.45, 2.75) is 52.3 Å². The minimum absolute atomic E-state index is 0.000491. The van der Waals surface area contributed by atoms with Gasteiger partial charge in [0.2, 0.25) is 0 Å². The van der Waals surface area contributed by atoms with Crippen LogP contribution in [0.3, 0.4) is 0 Å². The molecule has 1 aromatic heterocycles. The summed E-state index contributed by atoms with van der Waals surface area (Å²) in [6, 6.07) is 8.40. The highest BCUT2D eigenvalue weighted by Gasteiger charge is 2.20. The number of rotatable bonds is 6. The molecule has 7 heteroatoms. The third-order valence-electron chi connectivity index (χ3n) is 4.32. The average Bonchev–Trinajstić information content (AvgIpc) is 3.08. The molecule has 140 valence electrons. The molecule has 26 heavy (non-hydrogen) atoms. The van der Waals surface area contributed by atoms with Crippen molar-refractivity contribution in [3.8, 4) is 5.75 Å². The number of aromatic nitrogens is 3. The number of aryl methyl sites for hydroxylation is 2. The SMILES string of the molecule is CCNC(=NCC(C)Oc1cccc(C)c1)NC1CCc2ncnn2C1. The molecule has 2 heterocycles. The predicted molar refractivity (Wildman–Crippen MR) is 103 cm³/mol. The monoisotopic (exact) mass is 356 g/mol. The molecule has 0 radical (unpaired) electrons. The number of benzene rings is 1. The van der Waals surface area contributed by atoms with E-state index in [0.29, 0.717) is 12.6 Å². The Hall–Kier alpha value is -2.57. The Labute approximate surface area is 154 Å². The summed E-state index contributed by atoms with van der Waals surface area (Å²) in [6.07, 6.45) is 3.59. The highest BCUT2D eigenvalue weighted by molar-refractivity contribution is 5.80. The lowest BCUT2D eigenvalue weighted by Gasteiger charge is -2.25. The van der Waals surface area contributed by atoms with E-state index in [0.717, 1.165) is 43.5 Å². The molecule has 1 aliphatic heterocycles. The van der Waals surface area contributed by atoms with Gasteiger partial charge in [-0.2, -0.15) is 5.10 Å². The lowest BCUT2D eigenvalue weighted by molar-refractivity contribution is 0.230. The van der Waals surface area contributed by atoms with Gasteiger partial charge in [-0.15, -0.1) is 0 Å². The van der Waals surface area contributed by atoms with Gasteiger partial charge in [-0.25, -0.2) is 14.7 Å². The topological polar surface area (TPSA) is 76.4 Å². The van der Waals surface area contributed by atoms with Gasteiger partial charge in [0.05, 0.1) is 13.1 Å². The second kappa shape index (κ2) is 8.69. The summed E-state index contributed by atoms with van der Waals surface area (Å²) in [6.45, 7) is 8.39. The molecule has 0 aliphatic carbocycles. The molecular formula is C19H28N6O. The minimum Gasteiger partial charge on any atom is -0.489 e. The van der Waals surface area contributed by atoms with Crippen molar-refractivity contribution >= 4 is 5.96 Å². The van der Waals surface area contributed by atoms with Crippen LogP contribution in [0, 0.1) is 6.92 Å². The van der Waals surface area contributed by atoms with E-state index in [4.69, 9.17) is 9.73 Å². The summed E-state index contributed by atoms with van der Waals surface area (Å²) in [5, 5.41) is 11.1. The number of hydrogen-bond acceptors (Lipinski definition) is 4. The van der Waals surface area contributed by atoms with E-state index in [-0.39, 0.29) is 6.10 Å². The van der Waals surface area contributed by atoms with Crippen molar-refractivity contribution in [2.24, 2.45) is 4.99 Å². The van der Waals surface area contributed by atoms with Crippen molar-refractivity contribution in [3.05, 3.63) is 42.0 Å². The maximum atomic E-state index is 5.96. The van der Waals surface area contributed by atoms with Gasteiger partial charge in [0, 0.05) is 19.0 Å². The highest BCUT2D eigenvalue weighted by Crippen LogP contribution is 2.14. The molecule has 2 aromatic rings. The fourth-order valence-corrected chi connectivity index (χ4v) is 3.05. The molecule has 0 fully saturated rings. The molecule has 0 bridgehead atoms. The maximum absolute atomic E-state index is 5.96. The largest absolute Gasteiger partial charge is 0.489 e. The molecular weight excluding hydrogens is 328 g/mol. The molecule has 0 amide bonds. The first kappa shape index (κ1) is 18.2. The van der Waals surface area contributed by atoms with E-state index in [1.807, 2.05) is 29.8 Å². The number of guanidine groups is 1. The van der Waals surface area contributed by atoms with Gasteiger partial charge in [0.1, 0.15) is 24.0 Å². The van der Waals surface area contributed by atoms with Crippen LogP contribution < -0.4 is 15.4 Å². The Morgan fingerprint density at radius 1 is 1.46 bits per heavy atom. The molecule has 1 aromatic carbocycles. The fourth-order valence-electron chi connectivity index (χ4n) is 3.05. The van der Waals surface area contributed by atoms with Crippen molar-refractivity contribution in [3.63, 3.8) is 0 Å². The van der Waals surface area contributed by atoms with E-state index in [1.165, 1.54) is 5.56 Å². The van der Waals surface area contributed by atoms with E-state index in [1.54, 1.807) is 6.33 Å². The van der Waals surface area contributed by atoms with Gasteiger partial charge in [-0.05, 0) is 44.9 Å². The molecule has 2 unspecified atom stereocenters. The normalized spacial score (nSPS) is 18.1. The number of nitrogens with zero attached hydrogens (tertiary/aromatic N) is 4. The molecule has 0 spiro atoms. The van der Waals surface area contributed by atoms with Crippen molar-refractivity contribution in [2.75, 3.05) is 13.1 Å². The van der Waals surface area contributed by atoms with Crippen LogP contribution in [0.25, 0.3) is 0 Å². The van der Waals surface area contributed by atoms with Gasteiger partial charge < -0.3 is 15.4 Å². The number of hydrogen-bond donors (Lipinski definition) is 2. The van der Waals surface area contributed by atoms with Crippen LogP contribution in [0.5, 0.6) is 5.75 Å². The second-order valence-electron chi connectivity index (χ2n) is 6.70. The Bertz CT molecular complexity index is 741. The molecule has 2 atom stereocenters. The van der Waals surface area contributed by atoms with Crippen molar-refractivity contribution in [1.29, 1.82) is 0 Å². The van der Waals surface area contributed by atoms with Gasteiger partial charge in [0.15, 0.2) is 5.96 Å². The van der Waals surface area contributed by atoms with Crippen LogP contribution in [0.2, 0.25) is 0 Å².